The summed E-state index contributed by atoms with van der Waals surface area (Å²) in [5, 5.41) is 0. The predicted octanol–water partition coefficient (Wildman–Crippen LogP) is 3.03. The van der Waals surface area contributed by atoms with Gasteiger partial charge in [0.05, 0.1) is 7.11 Å². The third-order valence-electron chi connectivity index (χ3n) is 0.534. The minimum Gasteiger partial charge on any atom is -0.466 e. The average Bonchev–Trinajstić information content (AvgIpc) is 2.10. The van der Waals surface area contributed by atoms with E-state index in [1.807, 2.05) is 13.8 Å². The van der Waals surface area contributed by atoms with E-state index in [0.29, 0.717) is 5.57 Å². The Balaban J connectivity index is -0.0000000560. The molecule has 2 nitrogen and oxygen atoms in total. The molecule has 2 heteroatoms. The van der Waals surface area contributed by atoms with Gasteiger partial charge in [0, 0.05) is 6.94 Å². The lowest BCUT2D eigenvalue weighted by Gasteiger charge is -1.91. The van der Waals surface area contributed by atoms with Crippen LogP contribution in [0.15, 0.2) is 12.2 Å². The van der Waals surface area contributed by atoms with Gasteiger partial charge in [0.1, 0.15) is 0 Å². The maximum Gasteiger partial charge on any atom is 0.332 e. The third-order valence-corrected chi connectivity index (χ3v) is 0.534. The third kappa shape index (κ3) is 17.6. The fourth-order valence-corrected chi connectivity index (χ4v) is 0.174. The summed E-state index contributed by atoms with van der Waals surface area (Å²) in [6, 6.07) is 0. The van der Waals surface area contributed by atoms with Gasteiger partial charge in [-0.25, -0.2) is 4.79 Å². The number of hydrogen-bond donors (Lipinski definition) is 0. The molecule has 0 aromatic rings. The molecule has 0 rings (SSSR count). The number of methoxy groups -OCH3 is 1. The van der Waals surface area contributed by atoms with Crippen LogP contribution < -0.4 is 0 Å². The normalized spacial score (nSPS) is 6.09. The summed E-state index contributed by atoms with van der Waals surface area (Å²) in [5.41, 5.74) is 0.433. The Kier molecular flexibility index (Phi) is 24.4. The summed E-state index contributed by atoms with van der Waals surface area (Å²) >= 11 is 0. The van der Waals surface area contributed by atoms with E-state index in [0.717, 1.165) is 0 Å². The summed E-state index contributed by atoms with van der Waals surface area (Å²) < 4.78 is 10.0. The lowest BCUT2D eigenvalue weighted by atomic mass is 10.4. The molecule has 0 aliphatic rings. The first kappa shape index (κ1) is 16.7. The van der Waals surface area contributed by atoms with Crippen LogP contribution in [0.25, 0.3) is 0 Å². The highest BCUT2D eigenvalue weighted by Gasteiger charge is 1.95. The molecule has 11 heavy (non-hydrogen) atoms. The van der Waals surface area contributed by atoms with Crippen molar-refractivity contribution in [3.8, 4) is 0 Å². The van der Waals surface area contributed by atoms with Crippen LogP contribution in [-0.4, -0.2) is 13.1 Å². The molecule has 0 bridgehead atoms. The highest BCUT2D eigenvalue weighted by molar-refractivity contribution is 5.86. The van der Waals surface area contributed by atoms with Gasteiger partial charge in [0.25, 0.3) is 0 Å². The second-order valence-corrected chi connectivity index (χ2v) is 1.27. The van der Waals surface area contributed by atoms with Gasteiger partial charge in [0.2, 0.25) is 0 Å². The molecule has 0 aromatic carbocycles. The quantitative estimate of drug-likeness (QED) is 0.438. The van der Waals surface area contributed by atoms with E-state index in [1.54, 1.807) is 6.92 Å². The monoisotopic (exact) mass is 163 g/mol. The Bertz CT molecular complexity index is 101. The molecule has 0 amide bonds. The molecule has 0 N–H and O–H groups in total. The van der Waals surface area contributed by atoms with E-state index in [1.165, 1.54) is 14.5 Å². The zero-order chi connectivity index (χ0) is 9.86. The number of esters is 1. The second kappa shape index (κ2) is 16.1. The van der Waals surface area contributed by atoms with Crippen LogP contribution in [0.3, 0.4) is 0 Å². The van der Waals surface area contributed by atoms with Gasteiger partial charge in [-0.1, -0.05) is 35.3 Å². The van der Waals surface area contributed by atoms with Gasteiger partial charge < -0.3 is 4.74 Å². The van der Waals surface area contributed by atoms with Crippen molar-refractivity contribution in [2.75, 3.05) is 7.11 Å². The Morgan fingerprint density at radius 2 is 1.73 bits per heavy atom. The molecule has 0 radical (unpaired) electrons. The largest absolute Gasteiger partial charge is 0.466 e. The van der Waals surface area contributed by atoms with Crippen LogP contribution >= 0.6 is 0 Å². The van der Waals surface area contributed by atoms with E-state index >= 15 is 0 Å². The van der Waals surface area contributed by atoms with E-state index in [-0.39, 0.29) is 13.4 Å². The van der Waals surface area contributed by atoms with Crippen LogP contribution in [-0.2, 0) is 9.53 Å². The average molecular weight is 163 g/mol. The molecule has 0 saturated carbocycles. The second-order valence-electron chi connectivity index (χ2n) is 1.27. The first-order valence-corrected chi connectivity index (χ1v) is 2.92. The summed E-state index contributed by atoms with van der Waals surface area (Å²) in [7, 11) is 2.58. The summed E-state index contributed by atoms with van der Waals surface area (Å²) in [4.78, 5) is 10.2. The van der Waals surface area contributed by atoms with Gasteiger partial charge in [0.15, 0.2) is 0 Å². The minimum absolute atomic E-state index is 0. The number of hydrogen-bond acceptors (Lipinski definition) is 2. The van der Waals surface area contributed by atoms with Gasteiger partial charge in [-0.05, 0) is 6.92 Å². The predicted molar refractivity (Wildman–Crippen MR) is 51.6 cm³/mol. The standard InChI is InChI=1S/C5H8O2.C2H6.2CH4/c1-4(2)5(6)7-3;1-2;;/h1H2,2-3H3;1-2H3;2*1H4/i;;1D;. The fourth-order valence-electron chi connectivity index (χ4n) is 0.174. The van der Waals surface area contributed by atoms with E-state index in [4.69, 9.17) is 1.37 Å². The van der Waals surface area contributed by atoms with Crippen molar-refractivity contribution in [3.63, 3.8) is 0 Å². The maximum absolute atomic E-state index is 10.2. The topological polar surface area (TPSA) is 26.3 Å². The molecular formula is C9H22O2. The van der Waals surface area contributed by atoms with Crippen molar-refractivity contribution in [3.05, 3.63) is 12.2 Å². The van der Waals surface area contributed by atoms with Crippen LogP contribution in [0.1, 0.15) is 37.0 Å². The van der Waals surface area contributed by atoms with Gasteiger partial charge >= 0.3 is 5.97 Å². The lowest BCUT2D eigenvalue weighted by Crippen LogP contribution is -1.98. The minimum atomic E-state index is -0.347. The van der Waals surface area contributed by atoms with Crippen LogP contribution in [0.5, 0.6) is 0 Å². The summed E-state index contributed by atoms with van der Waals surface area (Å²) in [5.74, 6) is -0.347. The van der Waals surface area contributed by atoms with E-state index in [9.17, 15) is 4.79 Å². The molecule has 0 fully saturated rings. The summed E-state index contributed by atoms with van der Waals surface area (Å²) in [6.45, 7) is 8.95. The molecule has 0 aromatic heterocycles. The van der Waals surface area contributed by atoms with E-state index in [2.05, 4.69) is 11.3 Å². The molecule has 0 aliphatic carbocycles. The summed E-state index contributed by atoms with van der Waals surface area (Å²) in [6.07, 6.45) is 0. The Hall–Kier alpha value is -0.790. The Labute approximate surface area is 72.7 Å². The number of ether oxygens (including phenoxy) is 1. The molecule has 0 atom stereocenters. The number of carbonyl (C=O) groups excluding carboxylic acids is 1. The zero-order valence-electron chi connectivity index (χ0n) is 8.52. The molecule has 0 spiro atoms. The highest BCUT2D eigenvalue weighted by Crippen LogP contribution is 1.87. The van der Waals surface area contributed by atoms with Crippen LogP contribution in [0.2, 0.25) is 0 Å². The molecule has 70 valence electrons. The molecule has 0 saturated heterocycles. The maximum atomic E-state index is 10.2. The lowest BCUT2D eigenvalue weighted by molar-refractivity contribution is -0.136. The van der Waals surface area contributed by atoms with Crippen LogP contribution in [0, 0.1) is 0 Å². The molecular weight excluding hydrogens is 140 g/mol. The van der Waals surface area contributed by atoms with Crippen molar-refractivity contribution < 1.29 is 10.9 Å². The van der Waals surface area contributed by atoms with Gasteiger partial charge in [-0.3, -0.25) is 0 Å². The highest BCUT2D eigenvalue weighted by atomic mass is 16.5. The smallest absolute Gasteiger partial charge is 0.332 e. The Morgan fingerprint density at radius 3 is 1.73 bits per heavy atom. The van der Waals surface area contributed by atoms with Crippen molar-refractivity contribution in [2.45, 2.75) is 35.6 Å². The first-order valence-electron chi connectivity index (χ1n) is 3.92. The number of carbonyl (C=O) groups is 1. The van der Waals surface area contributed by atoms with Gasteiger partial charge in [-0.15, -0.1) is 0 Å². The molecule has 0 heterocycles. The van der Waals surface area contributed by atoms with Crippen molar-refractivity contribution >= 4 is 5.97 Å². The van der Waals surface area contributed by atoms with Crippen LogP contribution in [0.4, 0.5) is 0 Å². The van der Waals surface area contributed by atoms with Crippen molar-refractivity contribution in [2.24, 2.45) is 0 Å². The fraction of sp³-hybridized carbons (Fsp3) is 0.667. The molecule has 0 unspecified atom stereocenters. The van der Waals surface area contributed by atoms with Gasteiger partial charge in [-0.2, -0.15) is 0 Å². The molecule has 0 aliphatic heterocycles. The first-order chi connectivity index (χ1) is 5.18. The Morgan fingerprint density at radius 1 is 1.45 bits per heavy atom. The van der Waals surface area contributed by atoms with Crippen molar-refractivity contribution in [1.29, 1.82) is 0 Å². The van der Waals surface area contributed by atoms with E-state index < -0.39 is 0 Å². The van der Waals surface area contributed by atoms with Crippen molar-refractivity contribution in [1.82, 2.24) is 0 Å². The SMILES string of the molecule is C.C=C(C)C(=O)OC.CC.[2H]C. The zero-order valence-corrected chi connectivity index (χ0v) is 7.52. The number of rotatable bonds is 1.